The molecule has 0 saturated carbocycles. The Balaban J connectivity index is 0.000000198. The molecule has 448 valence electrons. The molecule has 0 atom stereocenters. The number of carboxylic acids is 4. The normalized spacial score (nSPS) is 10.7. The van der Waals surface area contributed by atoms with Gasteiger partial charge >= 0.3 is 53.6 Å². The van der Waals surface area contributed by atoms with E-state index in [-0.39, 0.29) is 85.6 Å². The number of halogens is 5. The first-order chi connectivity index (χ1) is 40.5. The molecular formula is C53H49F5N17NaO10S. The van der Waals surface area contributed by atoms with Crippen molar-refractivity contribution in [3.8, 4) is 55.6 Å². The summed E-state index contributed by atoms with van der Waals surface area (Å²) in [6.07, 6.45) is 6.09. The van der Waals surface area contributed by atoms with Gasteiger partial charge in [-0.3, -0.25) is 43.2 Å². The number of hydrogen-bond donors (Lipinski definition) is 4. The smallest absolute Gasteiger partial charge is 0.543 e. The molecule has 10 aromatic heterocycles. The summed E-state index contributed by atoms with van der Waals surface area (Å²) in [5.74, 6) is -5.12. The van der Waals surface area contributed by atoms with Crippen molar-refractivity contribution < 1.29 is 101 Å². The van der Waals surface area contributed by atoms with Crippen molar-refractivity contribution >= 4 is 41.0 Å². The number of thiazole rings is 1. The van der Waals surface area contributed by atoms with E-state index in [0.717, 1.165) is 44.7 Å². The first-order valence-corrected chi connectivity index (χ1v) is 25.4. The number of aliphatic hydroxyl groups excluding tert-OH is 1. The number of aliphatic hydroxyl groups is 1. The molecule has 0 bridgehead atoms. The summed E-state index contributed by atoms with van der Waals surface area (Å²) in [6, 6.07) is 7.05. The molecule has 0 amide bonds. The monoisotopic (exact) mass is 1230 g/mol. The Morgan fingerprint density at radius 1 is 0.540 bits per heavy atom. The number of carbonyl (C=O) groups excluding carboxylic acids is 2. The van der Waals surface area contributed by atoms with E-state index < -0.39 is 48.8 Å². The van der Waals surface area contributed by atoms with Crippen molar-refractivity contribution in [3.63, 3.8) is 0 Å². The Kier molecular flexibility index (Phi) is 23.0. The first kappa shape index (κ1) is 68.1. The zero-order valence-corrected chi connectivity index (χ0v) is 50.4. The maximum atomic E-state index is 12.5. The van der Waals surface area contributed by atoms with Gasteiger partial charge in [0.15, 0.2) is 17.1 Å². The molecule has 10 heterocycles. The molecule has 4 N–H and O–H groups in total. The van der Waals surface area contributed by atoms with Gasteiger partial charge in [0, 0.05) is 64.3 Å². The standard InChI is InChI=1S/C12H13N3O2.C11H8F3N3O2.C11H12N4O2.C10H10N4O2.C9H7F2N3O2S.Na/c1-7-4-8(2)14-10(5-7)9-6-13-15(3)11(9)12(16)17;1-17-9(10(18)19)6(5-15-17)7-3-2-4-8(16-7)11(12,13)14;1-7-3-12-5-9(14-7)8-4-13-15(2)11(8)10(17)6-16;1-6-3-11-5-8(13-6)7-4-12-14(2)9(7)10(15)16;1-14-6(9(15)16)4(2-12-14)8-13-5(3-17-8)7(10)11;/h4-6H,1-3H3,(H,16,17);2-5H,1H3,(H,18,19);3-5,16H,6H2,1-2H3;3-5H,1-2H3,(H,15,16);2-3,7H,1H3,(H,15,16);/q;;;;;+1/p-1. The van der Waals surface area contributed by atoms with E-state index in [1.54, 1.807) is 52.9 Å². The van der Waals surface area contributed by atoms with Crippen LogP contribution in [0.2, 0.25) is 0 Å². The number of nitrogens with zero attached hydrogens (tertiary/aromatic N) is 17. The summed E-state index contributed by atoms with van der Waals surface area (Å²) in [6.45, 7) is 6.87. The molecule has 10 aromatic rings. The third kappa shape index (κ3) is 16.8. The number of alkyl halides is 5. The van der Waals surface area contributed by atoms with Gasteiger partial charge in [-0.25, -0.2) is 43.1 Å². The molecule has 0 radical (unpaired) electrons. The topological polar surface area (TPSA) is 369 Å². The molecule has 0 aliphatic heterocycles. The fraction of sp³-hybridized carbons (Fsp3) is 0.226. The molecule has 34 heteroatoms. The van der Waals surface area contributed by atoms with Crippen molar-refractivity contribution in [2.24, 2.45) is 35.2 Å². The fourth-order valence-corrected chi connectivity index (χ4v) is 8.74. The second kappa shape index (κ2) is 29.4. The molecule has 27 nitrogen and oxygen atoms in total. The largest absolute Gasteiger partial charge is 1.00 e. The number of carbonyl (C=O) groups is 5. The summed E-state index contributed by atoms with van der Waals surface area (Å²) in [4.78, 5) is 83.7. The van der Waals surface area contributed by atoms with Gasteiger partial charge in [-0.05, 0) is 57.5 Å². The van der Waals surface area contributed by atoms with Gasteiger partial charge < -0.3 is 30.3 Å². The number of Topliss-reactive ketones (excluding diaryl/α,β-unsaturated/α-hetero) is 1. The number of aryl methyl sites for hydroxylation is 9. The van der Waals surface area contributed by atoms with Crippen LogP contribution in [-0.4, -0.2) is 140 Å². The van der Waals surface area contributed by atoms with Crippen LogP contribution < -0.4 is 34.7 Å². The Bertz CT molecular complexity index is 4100. The van der Waals surface area contributed by atoms with Crippen LogP contribution in [-0.2, 0) is 41.4 Å². The molecule has 0 saturated heterocycles. The molecule has 10 rings (SSSR count). The average molecular weight is 1230 g/mol. The number of pyridine rings is 2. The molecule has 0 aliphatic rings. The van der Waals surface area contributed by atoms with E-state index in [1.165, 1.54) is 81.3 Å². The third-order valence-electron chi connectivity index (χ3n) is 11.6. The second-order valence-electron chi connectivity index (χ2n) is 18.0. The Labute approximate surface area is 514 Å². The van der Waals surface area contributed by atoms with Gasteiger partial charge in [-0.15, -0.1) is 11.3 Å². The van der Waals surface area contributed by atoms with Crippen molar-refractivity contribution in [2.75, 3.05) is 6.61 Å². The molecule has 0 unspecified atom stereocenters. The van der Waals surface area contributed by atoms with Crippen LogP contribution >= 0.6 is 11.3 Å². The number of aromatic nitrogens is 17. The van der Waals surface area contributed by atoms with Gasteiger partial charge in [0.25, 0.3) is 6.43 Å². The summed E-state index contributed by atoms with van der Waals surface area (Å²) >= 11 is 0.968. The number of rotatable bonds is 12. The summed E-state index contributed by atoms with van der Waals surface area (Å²) in [7, 11) is 7.65. The third-order valence-corrected chi connectivity index (χ3v) is 12.5. The minimum atomic E-state index is -4.58. The Hall–Kier alpha value is -9.70. The van der Waals surface area contributed by atoms with E-state index in [4.69, 9.17) is 20.4 Å². The summed E-state index contributed by atoms with van der Waals surface area (Å²) in [5.41, 5.74) is 5.60. The minimum absolute atomic E-state index is 0. The quantitative estimate of drug-likeness (QED) is 0.0775. The number of carboxylic acid groups (broad SMARTS) is 4. The molecule has 0 fully saturated rings. The molecule has 0 aliphatic carbocycles. The minimum Gasteiger partial charge on any atom is -0.543 e. The average Bonchev–Trinajstić information content (AvgIpc) is 2.34. The first-order valence-electron chi connectivity index (χ1n) is 24.5. The van der Waals surface area contributed by atoms with E-state index in [0.29, 0.717) is 39.5 Å². The molecule has 0 spiro atoms. The fourth-order valence-electron chi connectivity index (χ4n) is 7.92. The maximum Gasteiger partial charge on any atom is 1.00 e. The molecular weight excluding hydrogens is 1180 g/mol. The molecule has 0 aromatic carbocycles. The van der Waals surface area contributed by atoms with Crippen molar-refractivity contribution in [1.82, 2.24) is 83.8 Å². The predicted octanol–water partition coefficient (Wildman–Crippen LogP) is 3.09. The van der Waals surface area contributed by atoms with Crippen LogP contribution in [0.1, 0.15) is 92.9 Å². The number of ketones is 1. The van der Waals surface area contributed by atoms with Crippen LogP contribution in [0.25, 0.3) is 55.6 Å². The van der Waals surface area contributed by atoms with Crippen LogP contribution in [0.15, 0.2) is 91.5 Å². The van der Waals surface area contributed by atoms with Crippen LogP contribution in [0.4, 0.5) is 22.0 Å². The SMILES string of the molecule is Cc1cc(C)nc(-c2cnn(C)c2C(=O)[O-])c1.Cc1cncc(-c2cnn(C)c2C(=O)CO)n1.Cc1cncc(-c2cnn(C)c2C(=O)O)n1.Cn1ncc(-c2cccc(C(F)(F)F)n2)c1C(=O)O.Cn1ncc(-c2nc(C(F)F)cs2)c1C(=O)O.[Na+]. The van der Waals surface area contributed by atoms with Crippen LogP contribution in [0.3, 0.4) is 0 Å². The zero-order chi connectivity index (χ0) is 63.5. The van der Waals surface area contributed by atoms with E-state index in [2.05, 4.69) is 60.4 Å². The predicted molar refractivity (Wildman–Crippen MR) is 291 cm³/mol. The van der Waals surface area contributed by atoms with Crippen molar-refractivity contribution in [3.05, 3.63) is 154 Å². The van der Waals surface area contributed by atoms with Crippen molar-refractivity contribution in [2.45, 2.75) is 40.3 Å². The van der Waals surface area contributed by atoms with E-state index in [1.807, 2.05) is 32.9 Å². The van der Waals surface area contributed by atoms with Gasteiger partial charge in [0.2, 0.25) is 5.78 Å². The molecule has 87 heavy (non-hydrogen) atoms. The Morgan fingerprint density at radius 3 is 1.37 bits per heavy atom. The summed E-state index contributed by atoms with van der Waals surface area (Å²) < 4.78 is 68.6. The van der Waals surface area contributed by atoms with E-state index in [9.17, 15) is 51.0 Å². The van der Waals surface area contributed by atoms with Crippen LogP contribution in [0, 0.1) is 27.7 Å². The van der Waals surface area contributed by atoms with Crippen molar-refractivity contribution in [1.29, 1.82) is 0 Å². The van der Waals surface area contributed by atoms with Crippen LogP contribution in [0.5, 0.6) is 0 Å². The summed E-state index contributed by atoms with van der Waals surface area (Å²) in [5, 5.41) is 67.8. The maximum absolute atomic E-state index is 12.5. The second-order valence-corrected chi connectivity index (χ2v) is 18.8. The number of hydrogen-bond acceptors (Lipinski definition) is 20. The van der Waals surface area contributed by atoms with Gasteiger partial charge in [0.05, 0.1) is 111 Å². The number of aromatic carboxylic acids is 4. The van der Waals surface area contributed by atoms with Gasteiger partial charge in [-0.1, -0.05) is 6.07 Å². The zero-order valence-electron chi connectivity index (χ0n) is 47.6. The Morgan fingerprint density at radius 2 is 0.954 bits per heavy atom. The van der Waals surface area contributed by atoms with E-state index >= 15 is 0 Å². The van der Waals surface area contributed by atoms with Gasteiger partial charge in [0.1, 0.15) is 28.7 Å². The van der Waals surface area contributed by atoms with Gasteiger partial charge in [-0.2, -0.15) is 38.7 Å².